The first kappa shape index (κ1) is 6.84. The van der Waals surface area contributed by atoms with Gasteiger partial charge in [0.1, 0.15) is 12.7 Å². The summed E-state index contributed by atoms with van der Waals surface area (Å²) in [7, 11) is 0. The lowest BCUT2D eigenvalue weighted by atomic mass is 10.6. The average Bonchev–Trinajstić information content (AvgIpc) is 2.58. The van der Waals surface area contributed by atoms with Gasteiger partial charge >= 0.3 is 11.9 Å². The molecule has 62 valence electrons. The van der Waals surface area contributed by atoms with E-state index < -0.39 is 5.97 Å². The van der Waals surface area contributed by atoms with Crippen molar-refractivity contribution in [3.05, 3.63) is 12.1 Å². The van der Waals surface area contributed by atoms with E-state index in [1.807, 2.05) is 0 Å². The molecule has 2 heterocycles. The third kappa shape index (κ3) is 1.03. The number of hydrogen-bond acceptors (Lipinski definition) is 6. The van der Waals surface area contributed by atoms with Crippen LogP contribution in [0.4, 0.5) is 0 Å². The minimum atomic E-state index is -0.456. The maximum Gasteiger partial charge on any atom is 0.334 e. The van der Waals surface area contributed by atoms with E-state index >= 15 is 0 Å². The van der Waals surface area contributed by atoms with Crippen LogP contribution in [0.2, 0.25) is 0 Å². The predicted octanol–water partition coefficient (Wildman–Crippen LogP) is -0.316. The van der Waals surface area contributed by atoms with Crippen molar-refractivity contribution < 1.29 is 19.1 Å². The Labute approximate surface area is 66.5 Å². The number of nitrogens with zero attached hydrogens (tertiary/aromatic N) is 2. The largest absolute Gasteiger partial charge is 0.480 e. The van der Waals surface area contributed by atoms with Gasteiger partial charge in [0, 0.05) is 0 Å². The third-order valence-electron chi connectivity index (χ3n) is 1.24. The zero-order valence-corrected chi connectivity index (χ0v) is 5.85. The monoisotopic (exact) mass is 168 g/mol. The van der Waals surface area contributed by atoms with Crippen LogP contribution in [0.25, 0.3) is 0 Å². The number of aliphatic imine (C=N–C) groups is 1. The fourth-order valence-corrected chi connectivity index (χ4v) is 0.784. The number of carbonyl (C=O) groups is 1. The lowest BCUT2D eigenvalue weighted by Crippen LogP contribution is -2.05. The van der Waals surface area contributed by atoms with Gasteiger partial charge in [0.25, 0.3) is 11.8 Å². The summed E-state index contributed by atoms with van der Waals surface area (Å²) in [6.45, 7) is -0.0293. The predicted molar refractivity (Wildman–Crippen MR) is 35.7 cm³/mol. The second kappa shape index (κ2) is 2.33. The van der Waals surface area contributed by atoms with Gasteiger partial charge in [-0.25, -0.2) is 14.8 Å². The number of ether oxygens (including phenoxy) is 1. The molecule has 0 amide bonds. The second-order valence-corrected chi connectivity index (χ2v) is 2.10. The van der Waals surface area contributed by atoms with Crippen LogP contribution in [0.3, 0.4) is 0 Å². The van der Waals surface area contributed by atoms with E-state index in [0.29, 0.717) is 0 Å². The fourth-order valence-electron chi connectivity index (χ4n) is 0.784. The molecule has 2 rings (SSSR count). The molecule has 0 saturated heterocycles. The molecule has 0 aliphatic carbocycles. The minimum absolute atomic E-state index is 0.0124. The van der Waals surface area contributed by atoms with E-state index in [9.17, 15) is 4.79 Å². The molecule has 0 aromatic carbocycles. The van der Waals surface area contributed by atoms with E-state index in [-0.39, 0.29) is 24.3 Å². The summed E-state index contributed by atoms with van der Waals surface area (Å²) in [5, 5.41) is 8.75. The van der Waals surface area contributed by atoms with Crippen molar-refractivity contribution in [2.75, 3.05) is 6.54 Å². The number of oxazole rings is 1. The van der Waals surface area contributed by atoms with Crippen molar-refractivity contribution in [3.8, 4) is 5.95 Å². The normalized spacial score (nSPS) is 16.0. The van der Waals surface area contributed by atoms with Crippen LogP contribution in [-0.4, -0.2) is 28.5 Å². The summed E-state index contributed by atoms with van der Waals surface area (Å²) < 4.78 is 9.26. The van der Waals surface area contributed by atoms with E-state index in [0.717, 1.165) is 6.20 Å². The van der Waals surface area contributed by atoms with Crippen molar-refractivity contribution >= 4 is 11.9 Å². The fraction of sp³-hybridized carbons (Fsp3) is 0.167. The molecule has 1 N–H and O–H groups in total. The molecule has 0 unspecified atom stereocenters. The Morgan fingerprint density at radius 2 is 2.42 bits per heavy atom. The first-order chi connectivity index (χ1) is 5.75. The number of carbonyl (C=O) groups excluding carboxylic acids is 1. The van der Waals surface area contributed by atoms with Gasteiger partial charge in [0.05, 0.1) is 0 Å². The van der Waals surface area contributed by atoms with E-state index in [1.165, 1.54) is 0 Å². The lowest BCUT2D eigenvalue weighted by molar-refractivity contribution is -0.132. The van der Waals surface area contributed by atoms with Crippen LogP contribution in [0.1, 0.15) is 5.89 Å². The van der Waals surface area contributed by atoms with E-state index in [1.54, 1.807) is 0 Å². The quantitative estimate of drug-likeness (QED) is 0.581. The molecule has 0 radical (unpaired) electrons. The molecule has 1 aromatic heterocycles. The minimum Gasteiger partial charge on any atom is -0.480 e. The summed E-state index contributed by atoms with van der Waals surface area (Å²) in [6.07, 6.45) is 1.10. The SMILES string of the molecule is O=C1CN=C(c2ncc(O)o2)O1. The van der Waals surface area contributed by atoms with E-state index in [4.69, 9.17) is 5.11 Å². The zero-order valence-electron chi connectivity index (χ0n) is 5.85. The Morgan fingerprint density at radius 1 is 1.58 bits per heavy atom. The van der Waals surface area contributed by atoms with Gasteiger partial charge in [-0.15, -0.1) is 0 Å². The smallest absolute Gasteiger partial charge is 0.334 e. The van der Waals surface area contributed by atoms with E-state index in [2.05, 4.69) is 19.1 Å². The molecule has 0 bridgehead atoms. The molecule has 6 nitrogen and oxygen atoms in total. The molecule has 1 aromatic rings. The standard InChI is InChI=1S/C6H4N2O4/c9-3-1-7-5(11-3)6-8-2-4(10)12-6/h1,9H,2H2. The molecule has 0 atom stereocenters. The highest BCUT2D eigenvalue weighted by atomic mass is 16.6. The number of rotatable bonds is 1. The number of aromatic hydroxyl groups is 1. The summed E-state index contributed by atoms with van der Waals surface area (Å²) in [5.41, 5.74) is 0. The number of esters is 1. The van der Waals surface area contributed by atoms with Gasteiger partial charge < -0.3 is 14.3 Å². The van der Waals surface area contributed by atoms with Crippen molar-refractivity contribution in [2.24, 2.45) is 4.99 Å². The highest BCUT2D eigenvalue weighted by Gasteiger charge is 2.22. The highest BCUT2D eigenvalue weighted by Crippen LogP contribution is 2.13. The highest BCUT2D eigenvalue weighted by molar-refractivity contribution is 6.02. The van der Waals surface area contributed by atoms with Crippen molar-refractivity contribution in [1.82, 2.24) is 4.98 Å². The number of aromatic nitrogens is 1. The van der Waals surface area contributed by atoms with Gasteiger partial charge in [-0.1, -0.05) is 0 Å². The van der Waals surface area contributed by atoms with Gasteiger partial charge in [-0.05, 0) is 0 Å². The molecule has 12 heavy (non-hydrogen) atoms. The third-order valence-corrected chi connectivity index (χ3v) is 1.24. The molecular formula is C6H4N2O4. The van der Waals surface area contributed by atoms with Crippen molar-refractivity contribution in [2.45, 2.75) is 0 Å². The maximum absolute atomic E-state index is 10.6. The van der Waals surface area contributed by atoms with Crippen LogP contribution in [0.5, 0.6) is 5.95 Å². The zero-order chi connectivity index (χ0) is 8.55. The van der Waals surface area contributed by atoms with Crippen LogP contribution in [0, 0.1) is 0 Å². The van der Waals surface area contributed by atoms with Crippen LogP contribution in [0.15, 0.2) is 15.6 Å². The number of hydrogen-bond donors (Lipinski definition) is 1. The summed E-state index contributed by atoms with van der Waals surface area (Å²) in [5.74, 6) is -0.767. The molecule has 0 spiro atoms. The first-order valence-electron chi connectivity index (χ1n) is 3.16. The number of cyclic esters (lactones) is 1. The Hall–Kier alpha value is -1.85. The second-order valence-electron chi connectivity index (χ2n) is 2.10. The molecule has 1 aliphatic rings. The summed E-state index contributed by atoms with van der Waals surface area (Å²) in [4.78, 5) is 17.9. The Kier molecular flexibility index (Phi) is 1.33. The molecule has 6 heteroatoms. The van der Waals surface area contributed by atoms with Crippen LogP contribution < -0.4 is 0 Å². The molecule has 0 fully saturated rings. The Morgan fingerprint density at radius 3 is 2.92 bits per heavy atom. The van der Waals surface area contributed by atoms with Crippen molar-refractivity contribution in [3.63, 3.8) is 0 Å². The topological polar surface area (TPSA) is 84.9 Å². The van der Waals surface area contributed by atoms with Gasteiger partial charge in [-0.2, -0.15) is 0 Å². The first-order valence-corrected chi connectivity index (χ1v) is 3.16. The molecule has 1 aliphatic heterocycles. The average molecular weight is 168 g/mol. The Bertz CT molecular complexity index is 354. The maximum atomic E-state index is 10.6. The molecular weight excluding hydrogens is 164 g/mol. The van der Waals surface area contributed by atoms with Crippen LogP contribution >= 0.6 is 0 Å². The summed E-state index contributed by atoms with van der Waals surface area (Å²) >= 11 is 0. The van der Waals surface area contributed by atoms with Gasteiger partial charge in [-0.3, -0.25) is 0 Å². The van der Waals surface area contributed by atoms with Gasteiger partial charge in [0.2, 0.25) is 0 Å². The van der Waals surface area contributed by atoms with Gasteiger partial charge in [0.15, 0.2) is 0 Å². The lowest BCUT2D eigenvalue weighted by Gasteiger charge is -1.90. The Balaban J connectivity index is 2.27. The summed E-state index contributed by atoms with van der Waals surface area (Å²) in [6, 6.07) is 0. The van der Waals surface area contributed by atoms with Crippen molar-refractivity contribution in [1.29, 1.82) is 0 Å². The van der Waals surface area contributed by atoms with Crippen LogP contribution in [-0.2, 0) is 9.53 Å². The molecule has 0 saturated carbocycles.